The molecule has 0 aliphatic heterocycles. The van der Waals surface area contributed by atoms with E-state index in [1.165, 1.54) is 24.6 Å². The van der Waals surface area contributed by atoms with E-state index in [0.717, 1.165) is 0 Å². The second kappa shape index (κ2) is 5.92. The van der Waals surface area contributed by atoms with Gasteiger partial charge in [0.2, 0.25) is 0 Å². The van der Waals surface area contributed by atoms with Crippen molar-refractivity contribution in [2.45, 2.75) is 6.92 Å². The van der Waals surface area contributed by atoms with Crippen molar-refractivity contribution in [3.63, 3.8) is 0 Å². The topological polar surface area (TPSA) is 72.8 Å². The van der Waals surface area contributed by atoms with Gasteiger partial charge in [-0.05, 0) is 24.6 Å². The summed E-state index contributed by atoms with van der Waals surface area (Å²) in [5.74, 6) is -2.50. The molecule has 1 aromatic rings. The predicted molar refractivity (Wildman–Crippen MR) is 68.8 cm³/mol. The maximum atomic E-state index is 13.4. The number of carbonyl (C=O) groups is 2. The number of hydrogen-bond donors (Lipinski definition) is 0. The third kappa shape index (κ3) is 5.17. The minimum atomic E-state index is -2.59. The van der Waals surface area contributed by atoms with E-state index in [1.807, 2.05) is 0 Å². The Morgan fingerprint density at radius 2 is 2.00 bits per heavy atom. The van der Waals surface area contributed by atoms with E-state index in [-0.39, 0.29) is 5.56 Å². The summed E-state index contributed by atoms with van der Waals surface area (Å²) in [6.07, 6.45) is 2.57. The molecule has 0 aliphatic carbocycles. The highest BCUT2D eigenvalue weighted by molar-refractivity contribution is 7.92. The van der Waals surface area contributed by atoms with Gasteiger partial charge >= 0.3 is 5.97 Å². The number of hydrogen-bond acceptors (Lipinski definition) is 4. The Labute approximate surface area is 111 Å². The van der Waals surface area contributed by atoms with Crippen LogP contribution in [0.5, 0.6) is 0 Å². The second-order valence-electron chi connectivity index (χ2n) is 4.23. The molecule has 0 unspecified atom stereocenters. The second-order valence-corrected chi connectivity index (χ2v) is 6.77. The fraction of sp³-hybridized carbons (Fsp3) is 0.333. The molecular formula is C12H14FNO4S. The molecule has 104 valence electrons. The molecule has 5 nitrogen and oxygen atoms in total. The number of carbonyl (C=O) groups excluding carboxylic acids is 2. The molecule has 0 saturated heterocycles. The molecule has 0 atom stereocenters. The lowest BCUT2D eigenvalue weighted by Crippen LogP contribution is -2.14. The molecule has 0 aliphatic rings. The van der Waals surface area contributed by atoms with Gasteiger partial charge in [-0.15, -0.1) is 0 Å². The Balaban J connectivity index is 2.72. The van der Waals surface area contributed by atoms with Gasteiger partial charge in [-0.3, -0.25) is 4.79 Å². The highest BCUT2D eigenvalue weighted by atomic mass is 32.2. The van der Waals surface area contributed by atoms with Crippen LogP contribution in [-0.2, 0) is 19.3 Å². The molecule has 19 heavy (non-hydrogen) atoms. The maximum Gasteiger partial charge on any atom is 0.341 e. The van der Waals surface area contributed by atoms with E-state index in [0.29, 0.717) is 5.56 Å². The summed E-state index contributed by atoms with van der Waals surface area (Å²) in [4.78, 5) is 22.7. The summed E-state index contributed by atoms with van der Waals surface area (Å²) in [5.41, 5.74) is 0.406. The standard InChI is InChI=1S/C12H14FNO4S/c1-8-4-5-9(10(13)6-8)12(16)18-7-11(15)14-19(2,3)17/h4-6H,7H2,1-3H3. The van der Waals surface area contributed by atoms with Crippen molar-refractivity contribution in [1.82, 2.24) is 0 Å². The molecule has 0 spiro atoms. The summed E-state index contributed by atoms with van der Waals surface area (Å²) in [7, 11) is -2.59. The summed E-state index contributed by atoms with van der Waals surface area (Å²) in [6.45, 7) is 1.02. The Hall–Kier alpha value is -1.76. The van der Waals surface area contributed by atoms with Crippen molar-refractivity contribution >= 4 is 21.6 Å². The van der Waals surface area contributed by atoms with Crippen LogP contribution in [0.25, 0.3) is 0 Å². The average Bonchev–Trinajstić information content (AvgIpc) is 2.23. The third-order valence-electron chi connectivity index (χ3n) is 1.99. The summed E-state index contributed by atoms with van der Waals surface area (Å²) >= 11 is 0. The number of amides is 1. The van der Waals surface area contributed by atoms with Gasteiger partial charge in [0.1, 0.15) is 5.82 Å². The zero-order valence-corrected chi connectivity index (χ0v) is 11.6. The highest BCUT2D eigenvalue weighted by Gasteiger charge is 2.14. The van der Waals surface area contributed by atoms with E-state index >= 15 is 0 Å². The molecule has 1 aromatic carbocycles. The predicted octanol–water partition coefficient (Wildman–Crippen LogP) is 1.55. The van der Waals surface area contributed by atoms with Crippen molar-refractivity contribution < 1.29 is 22.9 Å². The molecule has 0 bridgehead atoms. The van der Waals surface area contributed by atoms with Crippen molar-refractivity contribution in [1.29, 1.82) is 0 Å². The summed E-state index contributed by atoms with van der Waals surface area (Å²) < 4.78 is 32.6. The fourth-order valence-electron chi connectivity index (χ4n) is 1.26. The van der Waals surface area contributed by atoms with Gasteiger partial charge in [0.05, 0.1) is 5.56 Å². The van der Waals surface area contributed by atoms with E-state index < -0.39 is 34.0 Å². The van der Waals surface area contributed by atoms with Crippen molar-refractivity contribution in [3.05, 3.63) is 35.1 Å². The molecule has 0 N–H and O–H groups in total. The van der Waals surface area contributed by atoms with Crippen LogP contribution in [0, 0.1) is 12.7 Å². The number of ether oxygens (including phenoxy) is 1. The molecule has 0 radical (unpaired) electrons. The lowest BCUT2D eigenvalue weighted by atomic mass is 10.1. The number of aryl methyl sites for hydroxylation is 1. The molecule has 0 heterocycles. The van der Waals surface area contributed by atoms with Crippen molar-refractivity contribution in [2.24, 2.45) is 4.36 Å². The van der Waals surface area contributed by atoms with Crippen LogP contribution in [0.15, 0.2) is 22.6 Å². The van der Waals surface area contributed by atoms with Crippen molar-refractivity contribution in [2.75, 3.05) is 19.1 Å². The zero-order valence-electron chi connectivity index (χ0n) is 10.8. The quantitative estimate of drug-likeness (QED) is 0.791. The average molecular weight is 287 g/mol. The van der Waals surface area contributed by atoms with Gasteiger partial charge in [0.25, 0.3) is 5.91 Å². The van der Waals surface area contributed by atoms with Crippen LogP contribution in [0.4, 0.5) is 4.39 Å². The van der Waals surface area contributed by atoms with E-state index in [9.17, 15) is 18.2 Å². The number of esters is 1. The van der Waals surface area contributed by atoms with Crippen LogP contribution in [0.1, 0.15) is 15.9 Å². The van der Waals surface area contributed by atoms with Gasteiger partial charge in [0, 0.05) is 22.2 Å². The van der Waals surface area contributed by atoms with Crippen molar-refractivity contribution in [3.8, 4) is 0 Å². The Morgan fingerprint density at radius 1 is 1.37 bits per heavy atom. The number of nitrogens with zero attached hydrogens (tertiary/aromatic N) is 1. The van der Waals surface area contributed by atoms with Gasteiger partial charge in [-0.25, -0.2) is 13.4 Å². The van der Waals surface area contributed by atoms with Crippen LogP contribution in [0.2, 0.25) is 0 Å². The smallest absolute Gasteiger partial charge is 0.341 e. The van der Waals surface area contributed by atoms with E-state index in [4.69, 9.17) is 0 Å². The minimum Gasteiger partial charge on any atom is -0.452 e. The number of halogens is 1. The Bertz CT molecular complexity index is 625. The number of benzene rings is 1. The SMILES string of the molecule is Cc1ccc(C(=O)OCC(=O)N=S(C)(C)=O)c(F)c1. The molecular weight excluding hydrogens is 273 g/mol. The maximum absolute atomic E-state index is 13.4. The van der Waals surface area contributed by atoms with Crippen LogP contribution in [0.3, 0.4) is 0 Å². The molecule has 7 heteroatoms. The van der Waals surface area contributed by atoms with E-state index in [2.05, 4.69) is 9.10 Å². The number of rotatable bonds is 3. The highest BCUT2D eigenvalue weighted by Crippen LogP contribution is 2.11. The Morgan fingerprint density at radius 3 is 2.53 bits per heavy atom. The molecule has 0 aromatic heterocycles. The summed E-state index contributed by atoms with van der Waals surface area (Å²) in [5, 5.41) is 0. The van der Waals surface area contributed by atoms with Gasteiger partial charge in [0.15, 0.2) is 6.61 Å². The fourth-order valence-corrected chi connectivity index (χ4v) is 1.81. The summed E-state index contributed by atoms with van der Waals surface area (Å²) in [6, 6.07) is 4.02. The van der Waals surface area contributed by atoms with Crippen LogP contribution in [-0.4, -0.2) is 35.2 Å². The van der Waals surface area contributed by atoms with Gasteiger partial charge in [-0.1, -0.05) is 6.07 Å². The first-order valence-electron chi connectivity index (χ1n) is 5.32. The van der Waals surface area contributed by atoms with Crippen LogP contribution < -0.4 is 0 Å². The molecule has 0 saturated carbocycles. The lowest BCUT2D eigenvalue weighted by Gasteiger charge is -2.04. The first-order chi connectivity index (χ1) is 8.69. The largest absolute Gasteiger partial charge is 0.452 e. The first-order valence-corrected chi connectivity index (χ1v) is 7.65. The van der Waals surface area contributed by atoms with E-state index in [1.54, 1.807) is 13.0 Å². The molecule has 1 amide bonds. The molecule has 1 rings (SSSR count). The van der Waals surface area contributed by atoms with Crippen LogP contribution >= 0.6 is 0 Å². The monoisotopic (exact) mass is 287 g/mol. The molecule has 0 fully saturated rings. The third-order valence-corrected chi connectivity index (χ3v) is 2.64. The van der Waals surface area contributed by atoms with Gasteiger partial charge < -0.3 is 4.74 Å². The Kier molecular flexibility index (Phi) is 4.77. The lowest BCUT2D eigenvalue weighted by molar-refractivity contribution is -0.120. The first kappa shape index (κ1) is 15.3. The van der Waals surface area contributed by atoms with Gasteiger partial charge in [-0.2, -0.15) is 4.36 Å². The normalized spacial score (nSPS) is 10.9. The zero-order chi connectivity index (χ0) is 14.6. The minimum absolute atomic E-state index is 0.257.